The molecule has 2 aromatic carbocycles. The molecule has 0 bridgehead atoms. The number of hydrogen-bond acceptors (Lipinski definition) is 6. The zero-order chi connectivity index (χ0) is 30.9. The SMILES string of the molecule is C=CC(C(F)(F)F)S(=O)(=O)Nc1ccccc1-c1oc2ccc(CC(OC=O)C(CC)c3nc[nH]c3C3CC3)cc2c1Cl. The molecule has 0 spiro atoms. The first-order valence-electron chi connectivity index (χ1n) is 13.6. The number of carbonyl (C=O) groups excluding carboxylic acids is 1. The number of furan rings is 1. The zero-order valence-corrected chi connectivity index (χ0v) is 24.6. The minimum atomic E-state index is -5.06. The first-order valence-corrected chi connectivity index (χ1v) is 15.5. The molecule has 13 heteroatoms. The van der Waals surface area contributed by atoms with Crippen LogP contribution in [0.5, 0.6) is 0 Å². The van der Waals surface area contributed by atoms with Crippen LogP contribution in [0.25, 0.3) is 22.3 Å². The van der Waals surface area contributed by atoms with Gasteiger partial charge in [-0.25, -0.2) is 13.4 Å². The molecule has 8 nitrogen and oxygen atoms in total. The van der Waals surface area contributed by atoms with Gasteiger partial charge in [-0.2, -0.15) is 13.2 Å². The van der Waals surface area contributed by atoms with Gasteiger partial charge in [-0.15, -0.1) is 6.58 Å². The van der Waals surface area contributed by atoms with E-state index in [1.165, 1.54) is 18.2 Å². The minimum absolute atomic E-state index is 0.0759. The molecule has 3 atom stereocenters. The number of sulfonamides is 1. The van der Waals surface area contributed by atoms with Crippen molar-refractivity contribution in [1.82, 2.24) is 9.97 Å². The number of nitrogens with zero attached hydrogens (tertiary/aromatic N) is 1. The van der Waals surface area contributed by atoms with E-state index in [2.05, 4.69) is 16.5 Å². The molecule has 1 saturated carbocycles. The van der Waals surface area contributed by atoms with Gasteiger partial charge < -0.3 is 14.1 Å². The van der Waals surface area contributed by atoms with Gasteiger partial charge in [-0.3, -0.25) is 9.52 Å². The van der Waals surface area contributed by atoms with Crippen LogP contribution < -0.4 is 4.72 Å². The maximum atomic E-state index is 13.4. The Kier molecular flexibility index (Phi) is 8.62. The van der Waals surface area contributed by atoms with Crippen molar-refractivity contribution in [2.24, 2.45) is 0 Å². The molecule has 0 amide bonds. The normalized spacial score (nSPS) is 16.0. The third-order valence-electron chi connectivity index (χ3n) is 7.58. The molecule has 43 heavy (non-hydrogen) atoms. The van der Waals surface area contributed by atoms with Crippen LogP contribution in [-0.2, 0) is 26.0 Å². The summed E-state index contributed by atoms with van der Waals surface area (Å²) < 4.78 is 78.9. The highest BCUT2D eigenvalue weighted by Crippen LogP contribution is 2.44. The zero-order valence-electron chi connectivity index (χ0n) is 23.0. The number of anilines is 1. The summed E-state index contributed by atoms with van der Waals surface area (Å²) in [5.74, 6) is 0.368. The second kappa shape index (κ2) is 12.1. The van der Waals surface area contributed by atoms with Crippen LogP contribution in [0.1, 0.15) is 55.0 Å². The summed E-state index contributed by atoms with van der Waals surface area (Å²) in [5, 5.41) is -2.18. The second-order valence-electron chi connectivity index (χ2n) is 10.4. The van der Waals surface area contributed by atoms with Crippen LogP contribution >= 0.6 is 11.6 Å². The van der Waals surface area contributed by atoms with E-state index >= 15 is 0 Å². The third-order valence-corrected chi connectivity index (χ3v) is 9.59. The Morgan fingerprint density at radius 1 is 1.26 bits per heavy atom. The van der Waals surface area contributed by atoms with Crippen molar-refractivity contribution in [2.45, 2.75) is 62.0 Å². The molecule has 0 saturated heterocycles. The smallest absolute Gasteiger partial charge is 0.410 e. The van der Waals surface area contributed by atoms with Gasteiger partial charge in [0.15, 0.2) is 11.0 Å². The average molecular weight is 636 g/mol. The summed E-state index contributed by atoms with van der Waals surface area (Å²) in [6.45, 7) is 5.48. The number of hydrogen-bond donors (Lipinski definition) is 2. The highest BCUT2D eigenvalue weighted by Gasteiger charge is 2.47. The Balaban J connectivity index is 1.46. The molecule has 3 unspecified atom stereocenters. The lowest BCUT2D eigenvalue weighted by Gasteiger charge is -2.24. The number of alkyl halides is 3. The van der Waals surface area contributed by atoms with E-state index in [9.17, 15) is 26.4 Å². The molecule has 1 aliphatic carbocycles. The number of fused-ring (bicyclic) bond motifs is 1. The van der Waals surface area contributed by atoms with Crippen molar-refractivity contribution in [3.8, 4) is 11.3 Å². The average Bonchev–Trinajstić information content (AvgIpc) is 3.59. The predicted molar refractivity (Wildman–Crippen MR) is 157 cm³/mol. The molecule has 2 heterocycles. The van der Waals surface area contributed by atoms with Gasteiger partial charge in [-0.05, 0) is 49.1 Å². The van der Waals surface area contributed by atoms with Crippen molar-refractivity contribution in [1.29, 1.82) is 0 Å². The van der Waals surface area contributed by atoms with Gasteiger partial charge in [0.25, 0.3) is 6.47 Å². The number of halogens is 4. The van der Waals surface area contributed by atoms with E-state index in [0.29, 0.717) is 42.3 Å². The monoisotopic (exact) mass is 635 g/mol. The van der Waals surface area contributed by atoms with Crippen molar-refractivity contribution in [3.63, 3.8) is 0 Å². The first-order chi connectivity index (χ1) is 20.5. The fourth-order valence-electron chi connectivity index (χ4n) is 5.37. The summed E-state index contributed by atoms with van der Waals surface area (Å²) in [4.78, 5) is 19.3. The van der Waals surface area contributed by atoms with E-state index in [4.69, 9.17) is 20.8 Å². The van der Waals surface area contributed by atoms with E-state index in [1.807, 2.05) is 11.6 Å². The quantitative estimate of drug-likeness (QED) is 0.116. The number of imidazole rings is 1. The highest BCUT2D eigenvalue weighted by molar-refractivity contribution is 7.93. The predicted octanol–water partition coefficient (Wildman–Crippen LogP) is 7.49. The Morgan fingerprint density at radius 3 is 2.65 bits per heavy atom. The lowest BCUT2D eigenvalue weighted by molar-refractivity contribution is -0.134. The minimum Gasteiger partial charge on any atom is -0.464 e. The number of para-hydroxylation sites is 1. The summed E-state index contributed by atoms with van der Waals surface area (Å²) in [6.07, 6.45) is -0.352. The molecule has 5 rings (SSSR count). The number of carbonyl (C=O) groups is 1. The van der Waals surface area contributed by atoms with E-state index < -0.39 is 27.6 Å². The van der Waals surface area contributed by atoms with Gasteiger partial charge in [-0.1, -0.05) is 42.8 Å². The van der Waals surface area contributed by atoms with Gasteiger partial charge in [0.1, 0.15) is 11.7 Å². The fraction of sp³-hybridized carbons (Fsp3) is 0.333. The molecule has 2 N–H and O–H groups in total. The largest absolute Gasteiger partial charge is 0.464 e. The van der Waals surface area contributed by atoms with Gasteiger partial charge in [0, 0.05) is 34.9 Å². The lowest BCUT2D eigenvalue weighted by Crippen LogP contribution is -2.38. The van der Waals surface area contributed by atoms with Crippen LogP contribution in [0.15, 0.2) is 65.9 Å². The van der Waals surface area contributed by atoms with Crippen LogP contribution in [0, 0.1) is 0 Å². The Bertz CT molecular complexity index is 1750. The maximum Gasteiger partial charge on any atom is 0.410 e. The van der Waals surface area contributed by atoms with Crippen molar-refractivity contribution >= 4 is 44.8 Å². The Hall–Kier alpha value is -3.77. The van der Waals surface area contributed by atoms with E-state index in [-0.39, 0.29) is 28.0 Å². The van der Waals surface area contributed by atoms with Crippen molar-refractivity contribution in [2.75, 3.05) is 4.72 Å². The summed E-state index contributed by atoms with van der Waals surface area (Å²) in [6, 6.07) is 11.1. The number of rotatable bonds is 13. The van der Waals surface area contributed by atoms with E-state index in [0.717, 1.165) is 29.8 Å². The van der Waals surface area contributed by atoms with Crippen LogP contribution in [-0.4, -0.2) is 42.4 Å². The van der Waals surface area contributed by atoms with Crippen LogP contribution in [0.4, 0.5) is 18.9 Å². The third kappa shape index (κ3) is 6.30. The fourth-order valence-corrected chi connectivity index (χ4v) is 6.87. The van der Waals surface area contributed by atoms with Gasteiger partial charge in [0.2, 0.25) is 10.0 Å². The molecular weight excluding hydrogens is 607 g/mol. The summed E-state index contributed by atoms with van der Waals surface area (Å²) in [5.41, 5.74) is 3.15. The summed E-state index contributed by atoms with van der Waals surface area (Å²) in [7, 11) is -4.94. The van der Waals surface area contributed by atoms with Gasteiger partial charge >= 0.3 is 6.18 Å². The molecule has 0 radical (unpaired) electrons. The molecule has 1 aliphatic rings. The molecule has 0 aliphatic heterocycles. The molecular formula is C30H29ClF3N3O5S. The highest BCUT2D eigenvalue weighted by atomic mass is 35.5. The Morgan fingerprint density at radius 2 is 2.00 bits per heavy atom. The molecule has 4 aromatic rings. The topological polar surface area (TPSA) is 114 Å². The number of aromatic nitrogens is 2. The van der Waals surface area contributed by atoms with Crippen molar-refractivity contribution in [3.05, 3.63) is 83.4 Å². The Labute approximate surface area is 251 Å². The summed E-state index contributed by atoms with van der Waals surface area (Å²) >= 11 is 6.73. The number of aromatic amines is 1. The van der Waals surface area contributed by atoms with Crippen molar-refractivity contribution < 1.29 is 35.5 Å². The van der Waals surface area contributed by atoms with Gasteiger partial charge in [0.05, 0.1) is 22.7 Å². The second-order valence-corrected chi connectivity index (χ2v) is 12.6. The lowest BCUT2D eigenvalue weighted by atomic mass is 9.89. The number of nitrogens with one attached hydrogen (secondary N) is 2. The number of benzene rings is 2. The first kappa shape index (κ1) is 30.7. The molecule has 228 valence electrons. The van der Waals surface area contributed by atoms with E-state index in [1.54, 1.807) is 30.6 Å². The molecule has 1 fully saturated rings. The van der Waals surface area contributed by atoms with Crippen LogP contribution in [0.3, 0.4) is 0 Å². The number of ether oxygens (including phenoxy) is 1. The molecule has 2 aromatic heterocycles. The standard InChI is InChI=1S/C30H29ClF3N3O5S/c1-3-19(28-27(18-10-11-18)35-15-36-28)24(41-16-38)14-17-9-12-23-21(13-17)26(31)29(42-23)20-7-5-6-8-22(20)37-43(39,40)25(4-2)30(32,33)34/h4-9,12-13,15-16,18-19,24-25,37H,2-3,10-11,14H2,1H3,(H,35,36). The van der Waals surface area contributed by atoms with Crippen LogP contribution in [0.2, 0.25) is 5.02 Å². The number of H-pyrrole nitrogens is 1. The maximum absolute atomic E-state index is 13.4.